The molecule has 7 heteroatoms. The van der Waals surface area contributed by atoms with Crippen molar-refractivity contribution in [1.82, 2.24) is 4.98 Å². The Labute approximate surface area is 141 Å². The monoisotopic (exact) mass is 379 g/mol. The normalized spacial score (nSPS) is 17.4. The number of amides is 1. The first-order chi connectivity index (χ1) is 11.1. The van der Waals surface area contributed by atoms with Crippen LogP contribution in [0.4, 0.5) is 15.9 Å². The third kappa shape index (κ3) is 3.44. The summed E-state index contributed by atoms with van der Waals surface area (Å²) in [6, 6.07) is 7.52. The first-order valence-corrected chi connectivity index (χ1v) is 7.90. The van der Waals surface area contributed by atoms with E-state index in [0.29, 0.717) is 30.2 Å². The number of methoxy groups -OCH3 is 1. The molecule has 3 rings (SSSR count). The summed E-state index contributed by atoms with van der Waals surface area (Å²) >= 11 is 3.32. The number of aromatic nitrogens is 1. The Bertz CT molecular complexity index is 724. The molecule has 120 valence electrons. The molecule has 0 radical (unpaired) electrons. The molecule has 1 aliphatic rings. The van der Waals surface area contributed by atoms with Crippen molar-refractivity contribution in [3.63, 3.8) is 0 Å². The molecule has 1 aromatic carbocycles. The molecule has 0 bridgehead atoms. The number of halogens is 2. The molecule has 0 spiro atoms. The number of hydrogen-bond donors (Lipinski definition) is 1. The lowest BCUT2D eigenvalue weighted by Crippen LogP contribution is -2.33. The summed E-state index contributed by atoms with van der Waals surface area (Å²) in [4.78, 5) is 18.4. The van der Waals surface area contributed by atoms with E-state index in [1.54, 1.807) is 23.2 Å². The van der Waals surface area contributed by atoms with Gasteiger partial charge in [0.05, 0.1) is 7.11 Å². The van der Waals surface area contributed by atoms with E-state index in [4.69, 9.17) is 4.74 Å². The van der Waals surface area contributed by atoms with Crippen LogP contribution in [-0.2, 0) is 4.79 Å². The summed E-state index contributed by atoms with van der Waals surface area (Å²) in [5, 5.41) is 3.07. The highest BCUT2D eigenvalue weighted by Crippen LogP contribution is 2.25. The molecule has 1 N–H and O–H groups in total. The van der Waals surface area contributed by atoms with Gasteiger partial charge >= 0.3 is 0 Å². The second-order valence-electron chi connectivity index (χ2n) is 5.19. The maximum absolute atomic E-state index is 13.5. The SMILES string of the molecule is COc1cc(F)cc(NC2CCN(c3ccc(Br)cn3)C2=O)c1. The fourth-order valence-electron chi connectivity index (χ4n) is 2.53. The zero-order valence-electron chi connectivity index (χ0n) is 12.4. The second kappa shape index (κ2) is 6.54. The van der Waals surface area contributed by atoms with Crippen LogP contribution < -0.4 is 15.0 Å². The van der Waals surface area contributed by atoms with Gasteiger partial charge in [0.1, 0.15) is 23.4 Å². The molecule has 5 nitrogen and oxygen atoms in total. The first-order valence-electron chi connectivity index (χ1n) is 7.11. The third-order valence-corrected chi connectivity index (χ3v) is 4.11. The van der Waals surface area contributed by atoms with Crippen LogP contribution in [0.5, 0.6) is 5.75 Å². The van der Waals surface area contributed by atoms with Crippen molar-refractivity contribution in [3.8, 4) is 5.75 Å². The van der Waals surface area contributed by atoms with Gasteiger partial charge < -0.3 is 10.1 Å². The number of anilines is 2. The number of rotatable bonds is 4. The molecular formula is C16H15BrFN3O2. The molecule has 2 heterocycles. The summed E-state index contributed by atoms with van der Waals surface area (Å²) < 4.78 is 19.4. The van der Waals surface area contributed by atoms with Crippen molar-refractivity contribution >= 4 is 33.3 Å². The van der Waals surface area contributed by atoms with E-state index in [-0.39, 0.29) is 5.91 Å². The number of carbonyl (C=O) groups excluding carboxylic acids is 1. The Hall–Kier alpha value is -2.15. The Morgan fingerprint density at radius 1 is 1.39 bits per heavy atom. The molecule has 2 aromatic rings. The van der Waals surface area contributed by atoms with Gasteiger partial charge in [-0.2, -0.15) is 0 Å². The standard InChI is InChI=1S/C16H15BrFN3O2/c1-23-13-7-11(18)6-12(8-13)20-14-4-5-21(16(14)22)15-3-2-10(17)9-19-15/h2-3,6-9,14,20H,4-5H2,1H3. The number of benzene rings is 1. The van der Waals surface area contributed by atoms with Gasteiger partial charge in [0.2, 0.25) is 0 Å². The first kappa shape index (κ1) is 15.7. The summed E-state index contributed by atoms with van der Waals surface area (Å²) in [5.41, 5.74) is 0.519. The Kier molecular flexibility index (Phi) is 4.47. The minimum absolute atomic E-state index is 0.0805. The highest BCUT2D eigenvalue weighted by Gasteiger charge is 2.33. The van der Waals surface area contributed by atoms with Gasteiger partial charge in [0.15, 0.2) is 0 Å². The van der Waals surface area contributed by atoms with Gasteiger partial charge in [-0.3, -0.25) is 9.69 Å². The fourth-order valence-corrected chi connectivity index (χ4v) is 2.77. The van der Waals surface area contributed by atoms with Crippen LogP contribution in [0.25, 0.3) is 0 Å². The lowest BCUT2D eigenvalue weighted by molar-refractivity contribution is -0.117. The van der Waals surface area contributed by atoms with Crippen molar-refractivity contribution in [2.24, 2.45) is 0 Å². The summed E-state index contributed by atoms with van der Waals surface area (Å²) in [7, 11) is 1.47. The van der Waals surface area contributed by atoms with E-state index in [1.807, 2.05) is 6.07 Å². The number of carbonyl (C=O) groups is 1. The molecule has 1 atom stereocenters. The zero-order valence-corrected chi connectivity index (χ0v) is 14.0. The van der Waals surface area contributed by atoms with Crippen LogP contribution >= 0.6 is 15.9 Å². The largest absolute Gasteiger partial charge is 0.497 e. The van der Waals surface area contributed by atoms with Gasteiger partial charge in [-0.15, -0.1) is 0 Å². The number of nitrogens with zero attached hydrogens (tertiary/aromatic N) is 2. The Balaban J connectivity index is 1.74. The highest BCUT2D eigenvalue weighted by molar-refractivity contribution is 9.10. The van der Waals surface area contributed by atoms with E-state index in [2.05, 4.69) is 26.2 Å². The topological polar surface area (TPSA) is 54.5 Å². The van der Waals surface area contributed by atoms with Gasteiger partial charge in [0.25, 0.3) is 5.91 Å². The Morgan fingerprint density at radius 3 is 2.91 bits per heavy atom. The van der Waals surface area contributed by atoms with Gasteiger partial charge in [-0.1, -0.05) is 0 Å². The second-order valence-corrected chi connectivity index (χ2v) is 6.11. The maximum atomic E-state index is 13.5. The Morgan fingerprint density at radius 2 is 2.22 bits per heavy atom. The van der Waals surface area contributed by atoms with E-state index >= 15 is 0 Å². The fraction of sp³-hybridized carbons (Fsp3) is 0.250. The smallest absolute Gasteiger partial charge is 0.250 e. The minimum atomic E-state index is -0.413. The van der Waals surface area contributed by atoms with Crippen LogP contribution in [-0.4, -0.2) is 30.6 Å². The predicted molar refractivity (Wildman–Crippen MR) is 89.3 cm³/mol. The zero-order chi connectivity index (χ0) is 16.4. The maximum Gasteiger partial charge on any atom is 0.250 e. The van der Waals surface area contributed by atoms with Crippen molar-refractivity contribution in [2.45, 2.75) is 12.5 Å². The van der Waals surface area contributed by atoms with Gasteiger partial charge in [-0.25, -0.2) is 9.37 Å². The number of nitrogens with one attached hydrogen (secondary N) is 1. The average molecular weight is 380 g/mol. The summed E-state index contributed by atoms with van der Waals surface area (Å²) in [5.74, 6) is 0.524. The quantitative estimate of drug-likeness (QED) is 0.885. The molecule has 1 aromatic heterocycles. The van der Waals surface area contributed by atoms with E-state index in [9.17, 15) is 9.18 Å². The number of pyridine rings is 1. The molecule has 0 aliphatic carbocycles. The van der Waals surface area contributed by atoms with Gasteiger partial charge in [-0.05, 0) is 40.5 Å². The number of ether oxygens (including phenoxy) is 1. The predicted octanol–water partition coefficient (Wildman–Crippen LogP) is 3.21. The van der Waals surface area contributed by atoms with E-state index in [0.717, 1.165) is 4.47 Å². The minimum Gasteiger partial charge on any atom is -0.497 e. The van der Waals surface area contributed by atoms with Crippen LogP contribution in [0.3, 0.4) is 0 Å². The van der Waals surface area contributed by atoms with E-state index in [1.165, 1.54) is 19.2 Å². The molecule has 1 unspecified atom stereocenters. The molecule has 23 heavy (non-hydrogen) atoms. The number of hydrogen-bond acceptors (Lipinski definition) is 4. The molecule has 0 saturated carbocycles. The van der Waals surface area contributed by atoms with Crippen LogP contribution in [0, 0.1) is 5.82 Å². The molecule has 1 saturated heterocycles. The molecule has 1 amide bonds. The molecule has 1 aliphatic heterocycles. The molecule has 1 fully saturated rings. The average Bonchev–Trinajstić information content (AvgIpc) is 2.88. The lowest BCUT2D eigenvalue weighted by atomic mass is 10.2. The van der Waals surface area contributed by atoms with Crippen LogP contribution in [0.1, 0.15) is 6.42 Å². The van der Waals surface area contributed by atoms with Crippen molar-refractivity contribution in [2.75, 3.05) is 23.9 Å². The van der Waals surface area contributed by atoms with Crippen LogP contribution in [0.2, 0.25) is 0 Å². The van der Waals surface area contributed by atoms with E-state index < -0.39 is 11.9 Å². The van der Waals surface area contributed by atoms with Crippen molar-refractivity contribution in [1.29, 1.82) is 0 Å². The molecular weight excluding hydrogens is 365 g/mol. The highest BCUT2D eigenvalue weighted by atomic mass is 79.9. The summed E-state index contributed by atoms with van der Waals surface area (Å²) in [6.07, 6.45) is 2.27. The van der Waals surface area contributed by atoms with Crippen molar-refractivity contribution < 1.29 is 13.9 Å². The lowest BCUT2D eigenvalue weighted by Gasteiger charge is -2.17. The van der Waals surface area contributed by atoms with Gasteiger partial charge in [0, 0.05) is 35.0 Å². The van der Waals surface area contributed by atoms with Crippen LogP contribution in [0.15, 0.2) is 41.0 Å². The summed E-state index contributed by atoms with van der Waals surface area (Å²) in [6.45, 7) is 0.567. The van der Waals surface area contributed by atoms with Crippen molar-refractivity contribution in [3.05, 3.63) is 46.8 Å². The third-order valence-electron chi connectivity index (χ3n) is 3.64.